The van der Waals surface area contributed by atoms with Gasteiger partial charge in [-0.1, -0.05) is 6.07 Å². The number of carbonyl (C=O) groups excluding carboxylic acids is 1. The van der Waals surface area contributed by atoms with E-state index in [1.807, 2.05) is 4.90 Å². The first-order valence-electron chi connectivity index (χ1n) is 8.63. The first-order chi connectivity index (χ1) is 12.0. The summed E-state index contributed by atoms with van der Waals surface area (Å²) in [7, 11) is 0. The van der Waals surface area contributed by atoms with Gasteiger partial charge in [0.2, 0.25) is 5.91 Å². The van der Waals surface area contributed by atoms with Gasteiger partial charge in [-0.2, -0.15) is 10.2 Å². The number of benzene rings is 1. The van der Waals surface area contributed by atoms with E-state index in [2.05, 4.69) is 16.1 Å². The van der Waals surface area contributed by atoms with Gasteiger partial charge in [0.05, 0.1) is 0 Å². The molecule has 25 heavy (non-hydrogen) atoms. The molecular weight excluding hydrogens is 324 g/mol. The van der Waals surface area contributed by atoms with Crippen LogP contribution in [0.5, 0.6) is 0 Å². The fourth-order valence-corrected chi connectivity index (χ4v) is 3.38. The van der Waals surface area contributed by atoms with Crippen molar-refractivity contribution in [2.24, 2.45) is 10.2 Å². The Bertz CT molecular complexity index is 720. The molecule has 1 amide bonds. The van der Waals surface area contributed by atoms with E-state index in [9.17, 15) is 13.6 Å². The van der Waals surface area contributed by atoms with Crippen molar-refractivity contribution < 1.29 is 13.6 Å². The van der Waals surface area contributed by atoms with Crippen molar-refractivity contribution >= 4 is 5.91 Å². The molecule has 0 unspecified atom stereocenters. The Balaban J connectivity index is 1.55. The first-order valence-corrected chi connectivity index (χ1v) is 8.63. The van der Waals surface area contributed by atoms with E-state index >= 15 is 0 Å². The Hall–Kier alpha value is -2.29. The Morgan fingerprint density at radius 2 is 2.12 bits per heavy atom. The Labute approximate surface area is 146 Å². The van der Waals surface area contributed by atoms with Crippen LogP contribution >= 0.6 is 0 Å². The van der Waals surface area contributed by atoms with Crippen molar-refractivity contribution in [3.8, 4) is 12.3 Å². The molecule has 0 radical (unpaired) electrons. The summed E-state index contributed by atoms with van der Waals surface area (Å²) in [6.45, 7) is 1.24. The topological polar surface area (TPSA) is 45.0 Å². The zero-order valence-electron chi connectivity index (χ0n) is 14.0. The van der Waals surface area contributed by atoms with Gasteiger partial charge < -0.3 is 4.90 Å². The number of terminal acetylenes is 1. The van der Waals surface area contributed by atoms with Crippen LogP contribution in [-0.4, -0.2) is 29.6 Å². The second kappa shape index (κ2) is 7.30. The van der Waals surface area contributed by atoms with E-state index in [4.69, 9.17) is 6.42 Å². The summed E-state index contributed by atoms with van der Waals surface area (Å²) in [5, 5.41) is 8.10. The van der Waals surface area contributed by atoms with E-state index in [1.165, 1.54) is 6.07 Å². The lowest BCUT2D eigenvalue weighted by atomic mass is 9.90. The van der Waals surface area contributed by atoms with E-state index in [0.717, 1.165) is 24.5 Å². The number of nitrogens with zero attached hydrogens (tertiary/aromatic N) is 3. The molecule has 2 aliphatic rings. The van der Waals surface area contributed by atoms with Crippen molar-refractivity contribution in [3.05, 3.63) is 35.4 Å². The standard InChI is InChI=1S/C19H21F2N3O/c1-2-3-9-19(22-23-19)10-8-18(25)24-11-4-5-15(13-24)14-6-7-16(20)17(21)12-14/h1,6-7,12,15H,3-5,8-11,13H2/t15-/m0/s1. The van der Waals surface area contributed by atoms with Gasteiger partial charge in [0, 0.05) is 44.7 Å². The molecular formula is C19H21F2N3O. The summed E-state index contributed by atoms with van der Waals surface area (Å²) in [4.78, 5) is 14.3. The minimum atomic E-state index is -0.846. The van der Waals surface area contributed by atoms with Crippen LogP contribution < -0.4 is 0 Å². The largest absolute Gasteiger partial charge is 0.342 e. The zero-order valence-corrected chi connectivity index (χ0v) is 14.0. The number of halogens is 2. The van der Waals surface area contributed by atoms with Crippen molar-refractivity contribution in [1.29, 1.82) is 0 Å². The molecule has 1 aromatic rings. The second-order valence-corrected chi connectivity index (χ2v) is 6.74. The van der Waals surface area contributed by atoms with Crippen LogP contribution in [0.25, 0.3) is 0 Å². The zero-order chi connectivity index (χ0) is 17.9. The number of rotatable bonds is 6. The first kappa shape index (κ1) is 17.5. The van der Waals surface area contributed by atoms with Gasteiger partial charge in [-0.05, 0) is 30.5 Å². The molecule has 0 aromatic heterocycles. The molecule has 4 nitrogen and oxygen atoms in total. The molecule has 0 N–H and O–H groups in total. The number of amides is 1. The minimum Gasteiger partial charge on any atom is -0.342 e. The average Bonchev–Trinajstić information content (AvgIpc) is 3.41. The van der Waals surface area contributed by atoms with Crippen molar-refractivity contribution in [3.63, 3.8) is 0 Å². The smallest absolute Gasteiger partial charge is 0.222 e. The van der Waals surface area contributed by atoms with E-state index in [0.29, 0.717) is 38.8 Å². The number of hydrogen-bond acceptors (Lipinski definition) is 3. The van der Waals surface area contributed by atoms with Crippen LogP contribution in [-0.2, 0) is 4.79 Å². The van der Waals surface area contributed by atoms with Crippen LogP contribution in [0, 0.1) is 24.0 Å². The number of hydrogen-bond donors (Lipinski definition) is 0. The Kier molecular flexibility index (Phi) is 5.12. The summed E-state index contributed by atoms with van der Waals surface area (Å²) < 4.78 is 26.6. The highest BCUT2D eigenvalue weighted by molar-refractivity contribution is 5.76. The van der Waals surface area contributed by atoms with Crippen molar-refractivity contribution in [2.75, 3.05) is 13.1 Å². The minimum absolute atomic E-state index is 0.0403. The van der Waals surface area contributed by atoms with Gasteiger partial charge >= 0.3 is 0 Å². The quantitative estimate of drug-likeness (QED) is 0.718. The fourth-order valence-electron chi connectivity index (χ4n) is 3.38. The third-order valence-electron chi connectivity index (χ3n) is 4.98. The molecule has 1 fully saturated rings. The maximum Gasteiger partial charge on any atom is 0.222 e. The van der Waals surface area contributed by atoms with Gasteiger partial charge in [-0.15, -0.1) is 12.3 Å². The second-order valence-electron chi connectivity index (χ2n) is 6.74. The molecule has 1 saturated heterocycles. The molecule has 0 bridgehead atoms. The van der Waals surface area contributed by atoms with E-state index < -0.39 is 17.3 Å². The van der Waals surface area contributed by atoms with Gasteiger partial charge in [-0.25, -0.2) is 8.78 Å². The van der Waals surface area contributed by atoms with Crippen LogP contribution in [0.15, 0.2) is 28.4 Å². The van der Waals surface area contributed by atoms with Crippen LogP contribution in [0.2, 0.25) is 0 Å². The predicted octanol–water partition coefficient (Wildman–Crippen LogP) is 4.03. The summed E-state index contributed by atoms with van der Waals surface area (Å²) >= 11 is 0. The summed E-state index contributed by atoms with van der Waals surface area (Å²) in [5.41, 5.74) is 0.297. The highest BCUT2D eigenvalue weighted by Gasteiger charge is 2.39. The number of likely N-dealkylation sites (tertiary alicyclic amines) is 1. The van der Waals surface area contributed by atoms with Crippen LogP contribution in [0.1, 0.15) is 50.0 Å². The summed E-state index contributed by atoms with van der Waals surface area (Å²) in [6, 6.07) is 4.00. The highest BCUT2D eigenvalue weighted by Crippen LogP contribution is 2.38. The Morgan fingerprint density at radius 3 is 2.80 bits per heavy atom. The normalized spacial score (nSPS) is 21.0. The maximum atomic E-state index is 13.5. The van der Waals surface area contributed by atoms with Crippen molar-refractivity contribution in [2.45, 2.75) is 50.1 Å². The van der Waals surface area contributed by atoms with Crippen LogP contribution in [0.3, 0.4) is 0 Å². The maximum absolute atomic E-state index is 13.5. The Morgan fingerprint density at radius 1 is 1.32 bits per heavy atom. The van der Waals surface area contributed by atoms with E-state index in [-0.39, 0.29) is 11.8 Å². The lowest BCUT2D eigenvalue weighted by Crippen LogP contribution is -2.39. The molecule has 2 aliphatic heterocycles. The molecule has 2 heterocycles. The third-order valence-corrected chi connectivity index (χ3v) is 4.98. The number of piperidine rings is 1. The SMILES string of the molecule is C#CCCC1(CCC(=O)N2CCC[C@H](c3ccc(F)c(F)c3)C2)N=N1. The molecule has 1 atom stereocenters. The molecule has 3 rings (SSSR count). The third kappa shape index (κ3) is 4.22. The van der Waals surface area contributed by atoms with Gasteiger partial charge in [0.25, 0.3) is 0 Å². The van der Waals surface area contributed by atoms with Gasteiger partial charge in [-0.3, -0.25) is 4.79 Å². The number of carbonyl (C=O) groups is 1. The predicted molar refractivity (Wildman–Crippen MR) is 89.8 cm³/mol. The van der Waals surface area contributed by atoms with Gasteiger partial charge in [0.1, 0.15) is 0 Å². The molecule has 0 aliphatic carbocycles. The van der Waals surface area contributed by atoms with Gasteiger partial charge in [0.15, 0.2) is 17.3 Å². The molecule has 132 valence electrons. The summed E-state index contributed by atoms with van der Waals surface area (Å²) in [6.07, 6.45) is 9.24. The molecule has 0 spiro atoms. The molecule has 0 saturated carbocycles. The molecule has 6 heteroatoms. The highest BCUT2D eigenvalue weighted by atomic mass is 19.2. The van der Waals surface area contributed by atoms with Crippen LogP contribution in [0.4, 0.5) is 8.78 Å². The lowest BCUT2D eigenvalue weighted by molar-refractivity contribution is -0.132. The van der Waals surface area contributed by atoms with Crippen molar-refractivity contribution in [1.82, 2.24) is 4.90 Å². The fraction of sp³-hybridized carbons (Fsp3) is 0.526. The lowest BCUT2D eigenvalue weighted by Gasteiger charge is -2.33. The molecule has 1 aromatic carbocycles. The van der Waals surface area contributed by atoms with E-state index in [1.54, 1.807) is 6.07 Å². The monoisotopic (exact) mass is 345 g/mol. The summed E-state index contributed by atoms with van der Waals surface area (Å²) in [5.74, 6) is 0.990. The average molecular weight is 345 g/mol.